The number of halogens is 1. The molecule has 0 spiro atoms. The van der Waals surface area contributed by atoms with E-state index in [0.717, 1.165) is 69.6 Å². The third kappa shape index (κ3) is 12.6. The van der Waals surface area contributed by atoms with Crippen molar-refractivity contribution in [2.45, 2.75) is 26.8 Å². The molecular weight excluding hydrogens is 493 g/mol. The van der Waals surface area contributed by atoms with Crippen molar-refractivity contribution in [3.63, 3.8) is 0 Å². The number of rotatable bonds is 15. The monoisotopic (exact) mass is 535 g/mol. The molecule has 30 heavy (non-hydrogen) atoms. The van der Waals surface area contributed by atoms with Crippen molar-refractivity contribution in [3.8, 4) is 5.75 Å². The first-order valence-electron chi connectivity index (χ1n) is 10.7. The maximum atomic E-state index is 6.04. The highest BCUT2D eigenvalue weighted by atomic mass is 127. The molecule has 0 aliphatic rings. The maximum absolute atomic E-state index is 6.04. The molecule has 1 aromatic carbocycles. The average Bonchev–Trinajstić information content (AvgIpc) is 2.74. The molecule has 7 nitrogen and oxygen atoms in total. The first kappa shape index (κ1) is 28.9. The molecule has 0 aliphatic carbocycles. The van der Waals surface area contributed by atoms with Gasteiger partial charge < -0.3 is 29.9 Å². The molecule has 0 heterocycles. The molecule has 0 unspecified atom stereocenters. The zero-order chi connectivity index (χ0) is 21.3. The number of ether oxygens (including phenoxy) is 2. The summed E-state index contributed by atoms with van der Waals surface area (Å²) in [4.78, 5) is 8.97. The van der Waals surface area contributed by atoms with Gasteiger partial charge in [-0.1, -0.05) is 32.0 Å². The van der Waals surface area contributed by atoms with E-state index < -0.39 is 0 Å². The number of hydrogen-bond acceptors (Lipinski definition) is 5. The Kier molecular flexibility index (Phi) is 18.0. The number of methoxy groups -OCH3 is 1. The van der Waals surface area contributed by atoms with Gasteiger partial charge in [-0.15, -0.1) is 24.0 Å². The van der Waals surface area contributed by atoms with Gasteiger partial charge in [0.2, 0.25) is 0 Å². The second-order valence-corrected chi connectivity index (χ2v) is 6.99. The molecule has 0 radical (unpaired) electrons. The van der Waals surface area contributed by atoms with Crippen LogP contribution in [0.15, 0.2) is 29.3 Å². The third-order valence-corrected chi connectivity index (χ3v) is 4.88. The zero-order valence-corrected chi connectivity index (χ0v) is 21.8. The van der Waals surface area contributed by atoms with Crippen LogP contribution in [0.4, 0.5) is 0 Å². The standard InChI is InChI=1S/C22H41N5O2.HI/c1-6-27(7-2)16-18-29-21-12-9-8-11-20(21)19-25-22(23-3)24-13-15-26(4)14-10-17-28-5;/h8-9,11-12H,6-7,10,13-19H2,1-5H3,(H2,23,24,25);1H. The molecule has 8 heteroatoms. The lowest BCUT2D eigenvalue weighted by atomic mass is 10.2. The Morgan fingerprint density at radius 3 is 2.43 bits per heavy atom. The van der Waals surface area contributed by atoms with Gasteiger partial charge >= 0.3 is 0 Å². The Labute approximate surface area is 200 Å². The van der Waals surface area contributed by atoms with Crippen LogP contribution in [0, 0.1) is 0 Å². The molecule has 0 saturated heterocycles. The summed E-state index contributed by atoms with van der Waals surface area (Å²) < 4.78 is 11.1. The van der Waals surface area contributed by atoms with Crippen LogP contribution in [0.3, 0.4) is 0 Å². The van der Waals surface area contributed by atoms with Crippen molar-refractivity contribution in [1.82, 2.24) is 20.4 Å². The van der Waals surface area contributed by atoms with Crippen molar-refractivity contribution in [2.75, 3.05) is 73.7 Å². The first-order chi connectivity index (χ1) is 14.1. The van der Waals surface area contributed by atoms with E-state index >= 15 is 0 Å². The molecule has 0 atom stereocenters. The Morgan fingerprint density at radius 2 is 1.77 bits per heavy atom. The molecular formula is C22H42IN5O2. The van der Waals surface area contributed by atoms with Crippen LogP contribution < -0.4 is 15.4 Å². The number of hydrogen-bond donors (Lipinski definition) is 2. The van der Waals surface area contributed by atoms with Gasteiger partial charge in [0.1, 0.15) is 12.4 Å². The summed E-state index contributed by atoms with van der Waals surface area (Å²) in [6.45, 7) is 12.4. The van der Waals surface area contributed by atoms with Crippen LogP contribution in [0.5, 0.6) is 5.75 Å². The third-order valence-electron chi connectivity index (χ3n) is 4.88. The lowest BCUT2D eigenvalue weighted by molar-refractivity contribution is 0.180. The predicted molar refractivity (Wildman–Crippen MR) is 137 cm³/mol. The molecule has 1 rings (SSSR count). The smallest absolute Gasteiger partial charge is 0.191 e. The van der Waals surface area contributed by atoms with Gasteiger partial charge in [0.15, 0.2) is 5.96 Å². The Morgan fingerprint density at radius 1 is 1.03 bits per heavy atom. The van der Waals surface area contributed by atoms with E-state index in [2.05, 4.69) is 52.4 Å². The van der Waals surface area contributed by atoms with Crippen molar-refractivity contribution >= 4 is 29.9 Å². The highest BCUT2D eigenvalue weighted by molar-refractivity contribution is 14.0. The van der Waals surface area contributed by atoms with E-state index in [9.17, 15) is 0 Å². The minimum Gasteiger partial charge on any atom is -0.492 e. The lowest BCUT2D eigenvalue weighted by Gasteiger charge is -2.20. The fourth-order valence-electron chi connectivity index (χ4n) is 2.97. The van der Waals surface area contributed by atoms with E-state index in [1.54, 1.807) is 14.2 Å². The van der Waals surface area contributed by atoms with Crippen LogP contribution in [-0.4, -0.2) is 89.4 Å². The van der Waals surface area contributed by atoms with E-state index in [0.29, 0.717) is 13.2 Å². The number of nitrogens with one attached hydrogen (secondary N) is 2. The highest BCUT2D eigenvalue weighted by Gasteiger charge is 2.06. The van der Waals surface area contributed by atoms with E-state index in [-0.39, 0.29) is 24.0 Å². The van der Waals surface area contributed by atoms with Gasteiger partial charge in [0.25, 0.3) is 0 Å². The SMILES string of the molecule is CCN(CC)CCOc1ccccc1CNC(=NC)NCCN(C)CCCOC.I. The van der Waals surface area contributed by atoms with Crippen LogP contribution >= 0.6 is 24.0 Å². The van der Waals surface area contributed by atoms with E-state index in [4.69, 9.17) is 9.47 Å². The number of benzene rings is 1. The maximum Gasteiger partial charge on any atom is 0.191 e. The van der Waals surface area contributed by atoms with E-state index in [1.807, 2.05) is 18.2 Å². The van der Waals surface area contributed by atoms with Gasteiger partial charge in [0.05, 0.1) is 0 Å². The number of nitrogens with zero attached hydrogens (tertiary/aromatic N) is 3. The van der Waals surface area contributed by atoms with Crippen LogP contribution in [0.25, 0.3) is 0 Å². The van der Waals surface area contributed by atoms with Crippen LogP contribution in [0.1, 0.15) is 25.8 Å². The minimum absolute atomic E-state index is 0. The molecule has 2 N–H and O–H groups in total. The summed E-state index contributed by atoms with van der Waals surface area (Å²) in [6.07, 6.45) is 1.05. The lowest BCUT2D eigenvalue weighted by Crippen LogP contribution is -2.40. The van der Waals surface area contributed by atoms with Gasteiger partial charge in [-0.05, 0) is 32.6 Å². The van der Waals surface area contributed by atoms with E-state index in [1.165, 1.54) is 0 Å². The van der Waals surface area contributed by atoms with Crippen LogP contribution in [-0.2, 0) is 11.3 Å². The number of aliphatic imine (C=N–C) groups is 1. The first-order valence-corrected chi connectivity index (χ1v) is 10.7. The van der Waals surface area contributed by atoms with Gasteiger partial charge in [-0.2, -0.15) is 0 Å². The topological polar surface area (TPSA) is 61.4 Å². The van der Waals surface area contributed by atoms with Gasteiger partial charge in [0, 0.05) is 59.1 Å². The minimum atomic E-state index is 0. The zero-order valence-electron chi connectivity index (χ0n) is 19.4. The molecule has 0 aromatic heterocycles. The van der Waals surface area contributed by atoms with Gasteiger partial charge in [-0.25, -0.2) is 0 Å². The summed E-state index contributed by atoms with van der Waals surface area (Å²) in [5.74, 6) is 1.73. The molecule has 0 amide bonds. The predicted octanol–water partition coefficient (Wildman–Crippen LogP) is 2.66. The summed E-state index contributed by atoms with van der Waals surface area (Å²) >= 11 is 0. The summed E-state index contributed by atoms with van der Waals surface area (Å²) in [5.41, 5.74) is 1.13. The molecule has 1 aromatic rings. The van der Waals surface area contributed by atoms with Crippen molar-refractivity contribution in [3.05, 3.63) is 29.8 Å². The summed E-state index contributed by atoms with van der Waals surface area (Å²) in [7, 11) is 5.66. The second-order valence-electron chi connectivity index (χ2n) is 6.99. The Balaban J connectivity index is 0.00000841. The molecule has 0 fully saturated rings. The number of likely N-dealkylation sites (N-methyl/N-ethyl adjacent to an activating group) is 2. The largest absolute Gasteiger partial charge is 0.492 e. The normalized spacial score (nSPS) is 11.5. The average molecular weight is 536 g/mol. The fourth-order valence-corrected chi connectivity index (χ4v) is 2.97. The molecule has 0 saturated carbocycles. The summed E-state index contributed by atoms with van der Waals surface area (Å²) in [5, 5.41) is 6.76. The molecule has 0 bridgehead atoms. The second kappa shape index (κ2) is 18.7. The van der Waals surface area contributed by atoms with Crippen molar-refractivity contribution in [2.24, 2.45) is 4.99 Å². The van der Waals surface area contributed by atoms with Crippen molar-refractivity contribution < 1.29 is 9.47 Å². The molecule has 0 aliphatic heterocycles. The van der Waals surface area contributed by atoms with Crippen LogP contribution in [0.2, 0.25) is 0 Å². The Bertz CT molecular complexity index is 570. The molecule has 174 valence electrons. The quantitative estimate of drug-likeness (QED) is 0.156. The number of guanidine groups is 1. The highest BCUT2D eigenvalue weighted by Crippen LogP contribution is 2.17. The summed E-state index contributed by atoms with van der Waals surface area (Å²) in [6, 6.07) is 8.18. The van der Waals surface area contributed by atoms with Gasteiger partial charge in [-0.3, -0.25) is 4.99 Å². The Hall–Kier alpha value is -1.10. The fraction of sp³-hybridized carbons (Fsp3) is 0.682. The van der Waals surface area contributed by atoms with Crippen molar-refractivity contribution in [1.29, 1.82) is 0 Å². The number of para-hydroxylation sites is 1.